The first kappa shape index (κ1) is 11.6. The summed E-state index contributed by atoms with van der Waals surface area (Å²) >= 11 is 0. The largest absolute Gasteiger partial charge is 0.343 e. The van der Waals surface area contributed by atoms with Gasteiger partial charge in [0.1, 0.15) is 5.65 Å². The molecular weight excluding hydrogens is 254 g/mol. The molecule has 3 aromatic rings. The van der Waals surface area contributed by atoms with Crippen molar-refractivity contribution in [3.8, 4) is 0 Å². The van der Waals surface area contributed by atoms with Gasteiger partial charge < -0.3 is 14.4 Å². The number of nitrogens with zero attached hydrogens (tertiary/aromatic N) is 4. The number of nitrogens with one attached hydrogen (secondary N) is 1. The van der Waals surface area contributed by atoms with E-state index in [1.54, 1.807) is 0 Å². The second-order valence-corrected chi connectivity index (χ2v) is 5.16. The minimum absolute atomic E-state index is 0.577. The molecular formula is C14H15N5O. The Balaban J connectivity index is 1.68. The van der Waals surface area contributed by atoms with Crippen molar-refractivity contribution >= 4 is 11.0 Å². The lowest BCUT2D eigenvalue weighted by atomic mass is 10.2. The molecule has 0 atom stereocenters. The predicted molar refractivity (Wildman–Crippen MR) is 73.0 cm³/mol. The lowest BCUT2D eigenvalue weighted by Gasteiger charge is -2.00. The van der Waals surface area contributed by atoms with Crippen molar-refractivity contribution in [2.75, 3.05) is 0 Å². The Labute approximate surface area is 115 Å². The summed E-state index contributed by atoms with van der Waals surface area (Å²) in [5.74, 6) is 0.661. The molecule has 0 radical (unpaired) electrons. The van der Waals surface area contributed by atoms with E-state index >= 15 is 0 Å². The van der Waals surface area contributed by atoms with Crippen molar-refractivity contribution in [2.45, 2.75) is 32.0 Å². The Hall–Kier alpha value is -2.21. The SMILES string of the molecule is c1cnc2c(c1)c(CNC1CC1)cn2Cc1ncon1. The summed E-state index contributed by atoms with van der Waals surface area (Å²) in [5.41, 5.74) is 2.23. The molecule has 6 nitrogen and oxygen atoms in total. The normalized spacial score (nSPS) is 15.0. The van der Waals surface area contributed by atoms with Crippen LogP contribution in [0.4, 0.5) is 0 Å². The van der Waals surface area contributed by atoms with Crippen molar-refractivity contribution in [1.29, 1.82) is 0 Å². The van der Waals surface area contributed by atoms with E-state index in [0.29, 0.717) is 18.4 Å². The van der Waals surface area contributed by atoms with Crippen molar-refractivity contribution in [3.63, 3.8) is 0 Å². The molecule has 0 bridgehead atoms. The van der Waals surface area contributed by atoms with Crippen LogP contribution < -0.4 is 5.32 Å². The molecule has 0 amide bonds. The average Bonchev–Trinajstić information content (AvgIpc) is 3.05. The first-order valence-electron chi connectivity index (χ1n) is 6.81. The van der Waals surface area contributed by atoms with E-state index in [9.17, 15) is 0 Å². The highest BCUT2D eigenvalue weighted by Crippen LogP contribution is 2.23. The van der Waals surface area contributed by atoms with E-state index in [1.165, 1.54) is 30.2 Å². The molecule has 1 aliphatic carbocycles. The zero-order chi connectivity index (χ0) is 13.4. The molecule has 3 heterocycles. The third-order valence-corrected chi connectivity index (χ3v) is 3.59. The van der Waals surface area contributed by atoms with Crippen LogP contribution in [-0.2, 0) is 13.1 Å². The fourth-order valence-electron chi connectivity index (χ4n) is 2.41. The van der Waals surface area contributed by atoms with Crippen molar-refractivity contribution in [3.05, 3.63) is 42.3 Å². The fraction of sp³-hybridized carbons (Fsp3) is 0.357. The first-order valence-corrected chi connectivity index (χ1v) is 6.81. The second-order valence-electron chi connectivity index (χ2n) is 5.16. The van der Waals surface area contributed by atoms with E-state index in [0.717, 1.165) is 12.2 Å². The van der Waals surface area contributed by atoms with Crippen molar-refractivity contribution in [2.24, 2.45) is 0 Å². The Morgan fingerprint density at radius 2 is 2.30 bits per heavy atom. The van der Waals surface area contributed by atoms with Gasteiger partial charge in [-0.2, -0.15) is 4.98 Å². The van der Waals surface area contributed by atoms with E-state index in [1.807, 2.05) is 12.3 Å². The molecule has 3 aromatic heterocycles. The second kappa shape index (κ2) is 4.72. The maximum absolute atomic E-state index is 4.79. The molecule has 0 unspecified atom stereocenters. The molecule has 1 N–H and O–H groups in total. The molecule has 4 rings (SSSR count). The molecule has 1 saturated carbocycles. The van der Waals surface area contributed by atoms with Gasteiger partial charge in [0.15, 0.2) is 5.82 Å². The Kier molecular flexibility index (Phi) is 2.74. The molecule has 1 fully saturated rings. The minimum atomic E-state index is 0.577. The molecule has 0 aliphatic heterocycles. The van der Waals surface area contributed by atoms with E-state index in [2.05, 4.69) is 37.3 Å². The van der Waals surface area contributed by atoms with Gasteiger partial charge in [0, 0.05) is 30.4 Å². The quantitative estimate of drug-likeness (QED) is 0.763. The monoisotopic (exact) mass is 269 g/mol. The van der Waals surface area contributed by atoms with Gasteiger partial charge in [0.25, 0.3) is 0 Å². The summed E-state index contributed by atoms with van der Waals surface area (Å²) in [6, 6.07) is 4.78. The zero-order valence-corrected chi connectivity index (χ0v) is 11.0. The maximum Gasteiger partial charge on any atom is 0.213 e. The molecule has 102 valence electrons. The average molecular weight is 269 g/mol. The Morgan fingerprint density at radius 1 is 1.35 bits per heavy atom. The fourth-order valence-corrected chi connectivity index (χ4v) is 2.41. The molecule has 0 aromatic carbocycles. The first-order chi connectivity index (χ1) is 9.90. The van der Waals surface area contributed by atoms with E-state index < -0.39 is 0 Å². The topological polar surface area (TPSA) is 68.8 Å². The van der Waals surface area contributed by atoms with Gasteiger partial charge in [-0.25, -0.2) is 4.98 Å². The van der Waals surface area contributed by atoms with Gasteiger partial charge in [-0.05, 0) is 30.5 Å². The zero-order valence-electron chi connectivity index (χ0n) is 11.0. The smallest absolute Gasteiger partial charge is 0.213 e. The van der Waals surface area contributed by atoms with Gasteiger partial charge >= 0.3 is 0 Å². The lowest BCUT2D eigenvalue weighted by molar-refractivity contribution is 0.408. The molecule has 1 aliphatic rings. The Morgan fingerprint density at radius 3 is 3.10 bits per heavy atom. The number of pyridine rings is 1. The van der Waals surface area contributed by atoms with Crippen LogP contribution in [0, 0.1) is 0 Å². The van der Waals surface area contributed by atoms with E-state index in [-0.39, 0.29) is 0 Å². The van der Waals surface area contributed by atoms with E-state index in [4.69, 9.17) is 4.52 Å². The van der Waals surface area contributed by atoms with Crippen LogP contribution in [0.1, 0.15) is 24.2 Å². The summed E-state index contributed by atoms with van der Waals surface area (Å²) < 4.78 is 6.86. The van der Waals surface area contributed by atoms with Crippen molar-refractivity contribution < 1.29 is 4.52 Å². The van der Waals surface area contributed by atoms with Crippen molar-refractivity contribution in [1.82, 2.24) is 25.0 Å². The van der Waals surface area contributed by atoms with Crippen LogP contribution in [-0.4, -0.2) is 25.7 Å². The van der Waals surface area contributed by atoms with Crippen LogP contribution in [0.25, 0.3) is 11.0 Å². The third kappa shape index (κ3) is 2.18. The third-order valence-electron chi connectivity index (χ3n) is 3.59. The van der Waals surface area contributed by atoms with Gasteiger partial charge in [0.2, 0.25) is 6.39 Å². The summed E-state index contributed by atoms with van der Waals surface area (Å²) in [6.45, 7) is 1.46. The van der Waals surface area contributed by atoms with Crippen LogP contribution in [0.15, 0.2) is 35.4 Å². The van der Waals surface area contributed by atoms with Gasteiger partial charge in [-0.3, -0.25) is 0 Å². The molecule has 0 saturated heterocycles. The lowest BCUT2D eigenvalue weighted by Crippen LogP contribution is -2.14. The standard InChI is InChI=1S/C14H15N5O/c1-2-12-10(6-16-11-3-4-11)7-19(14(12)15-5-1)8-13-17-9-20-18-13/h1-2,5,7,9,11,16H,3-4,6,8H2. The van der Waals surface area contributed by atoms with Gasteiger partial charge in [-0.15, -0.1) is 0 Å². The number of hydrogen-bond donors (Lipinski definition) is 1. The van der Waals surface area contributed by atoms with Crippen LogP contribution in [0.3, 0.4) is 0 Å². The summed E-state index contributed by atoms with van der Waals surface area (Å²) in [7, 11) is 0. The highest BCUT2D eigenvalue weighted by molar-refractivity contribution is 5.80. The number of fused-ring (bicyclic) bond motifs is 1. The highest BCUT2D eigenvalue weighted by atomic mass is 16.5. The minimum Gasteiger partial charge on any atom is -0.343 e. The predicted octanol–water partition coefficient (Wildman–Crippen LogP) is 1.72. The maximum atomic E-state index is 4.79. The molecule has 6 heteroatoms. The van der Waals surface area contributed by atoms with Crippen LogP contribution in [0.5, 0.6) is 0 Å². The summed E-state index contributed by atoms with van der Waals surface area (Å²) in [6.07, 6.45) is 7.88. The van der Waals surface area contributed by atoms with Gasteiger partial charge in [0.05, 0.1) is 6.54 Å². The molecule has 0 spiro atoms. The number of rotatable bonds is 5. The Bertz CT molecular complexity index is 714. The summed E-state index contributed by atoms with van der Waals surface area (Å²) in [5, 5.41) is 8.59. The van der Waals surface area contributed by atoms with Crippen LogP contribution in [0.2, 0.25) is 0 Å². The molecule has 20 heavy (non-hydrogen) atoms. The number of aromatic nitrogens is 4. The number of hydrogen-bond acceptors (Lipinski definition) is 5. The van der Waals surface area contributed by atoms with Gasteiger partial charge in [-0.1, -0.05) is 5.16 Å². The highest BCUT2D eigenvalue weighted by Gasteiger charge is 2.21. The van der Waals surface area contributed by atoms with Crippen LogP contribution >= 0.6 is 0 Å². The summed E-state index contributed by atoms with van der Waals surface area (Å²) in [4.78, 5) is 8.54.